The number of hydrogen-bond acceptors (Lipinski definition) is 3. The zero-order valence-corrected chi connectivity index (χ0v) is 13.5. The highest BCUT2D eigenvalue weighted by molar-refractivity contribution is 7.10. The molecule has 3 rings (SSSR count). The molecule has 1 aliphatic heterocycles. The van der Waals surface area contributed by atoms with Gasteiger partial charge in [-0.2, -0.15) is 0 Å². The van der Waals surface area contributed by atoms with Gasteiger partial charge in [0, 0.05) is 24.5 Å². The van der Waals surface area contributed by atoms with Gasteiger partial charge in [-0.3, -0.25) is 4.90 Å². The summed E-state index contributed by atoms with van der Waals surface area (Å²) in [6, 6.07) is 14.1. The maximum atomic E-state index is 3.51. The van der Waals surface area contributed by atoms with Gasteiger partial charge >= 0.3 is 0 Å². The van der Waals surface area contributed by atoms with E-state index >= 15 is 0 Å². The fraction of sp³-hybridized carbons (Fsp3) is 0.444. The summed E-state index contributed by atoms with van der Waals surface area (Å²) in [5, 5.41) is 5.70. The van der Waals surface area contributed by atoms with Gasteiger partial charge < -0.3 is 5.32 Å². The van der Waals surface area contributed by atoms with Gasteiger partial charge in [-0.15, -0.1) is 11.3 Å². The molecule has 2 aromatic rings. The van der Waals surface area contributed by atoms with Crippen LogP contribution in [0.2, 0.25) is 0 Å². The number of thiophene rings is 1. The van der Waals surface area contributed by atoms with Crippen molar-refractivity contribution in [1.29, 1.82) is 0 Å². The van der Waals surface area contributed by atoms with E-state index in [9.17, 15) is 0 Å². The van der Waals surface area contributed by atoms with Crippen molar-refractivity contribution in [3.63, 3.8) is 0 Å². The van der Waals surface area contributed by atoms with Crippen LogP contribution in [0.1, 0.15) is 35.4 Å². The summed E-state index contributed by atoms with van der Waals surface area (Å²) in [4.78, 5) is 4.09. The molecule has 0 spiro atoms. The lowest BCUT2D eigenvalue weighted by Gasteiger charge is -2.30. The molecule has 1 aliphatic rings. The van der Waals surface area contributed by atoms with Gasteiger partial charge in [0.05, 0.1) is 6.04 Å². The molecule has 21 heavy (non-hydrogen) atoms. The first-order chi connectivity index (χ1) is 10.4. The highest BCUT2D eigenvalue weighted by Gasteiger charge is 2.23. The van der Waals surface area contributed by atoms with Crippen molar-refractivity contribution in [3.8, 4) is 0 Å². The summed E-state index contributed by atoms with van der Waals surface area (Å²) in [5.74, 6) is 0. The molecular weight excluding hydrogens is 276 g/mol. The van der Waals surface area contributed by atoms with E-state index in [-0.39, 0.29) is 0 Å². The Morgan fingerprint density at radius 2 is 2.00 bits per heavy atom. The van der Waals surface area contributed by atoms with E-state index in [1.165, 1.54) is 29.0 Å². The van der Waals surface area contributed by atoms with Crippen LogP contribution >= 0.6 is 11.3 Å². The van der Waals surface area contributed by atoms with E-state index in [1.807, 2.05) is 11.3 Å². The Hall–Kier alpha value is -1.16. The molecule has 2 nitrogen and oxygen atoms in total. The zero-order chi connectivity index (χ0) is 14.5. The first-order valence-electron chi connectivity index (χ1n) is 7.95. The first-order valence-corrected chi connectivity index (χ1v) is 8.83. The summed E-state index contributed by atoms with van der Waals surface area (Å²) in [7, 11) is 0. The van der Waals surface area contributed by atoms with E-state index in [0.29, 0.717) is 6.04 Å². The number of nitrogens with zero attached hydrogens (tertiary/aromatic N) is 1. The quantitative estimate of drug-likeness (QED) is 0.926. The molecule has 1 aromatic carbocycles. The lowest BCUT2D eigenvalue weighted by Crippen LogP contribution is -2.32. The van der Waals surface area contributed by atoms with Gasteiger partial charge in [0.15, 0.2) is 0 Å². The van der Waals surface area contributed by atoms with Gasteiger partial charge in [-0.1, -0.05) is 37.3 Å². The van der Waals surface area contributed by atoms with Crippen LogP contribution < -0.4 is 5.32 Å². The number of rotatable bonds is 4. The van der Waals surface area contributed by atoms with Gasteiger partial charge in [-0.05, 0) is 42.0 Å². The normalized spacial score (nSPS) is 18.3. The predicted molar refractivity (Wildman–Crippen MR) is 91.0 cm³/mol. The molecule has 1 aromatic heterocycles. The summed E-state index contributed by atoms with van der Waals surface area (Å²) < 4.78 is 0. The number of nitrogens with one attached hydrogen (secondary N) is 1. The zero-order valence-electron chi connectivity index (χ0n) is 12.7. The minimum atomic E-state index is 0.413. The van der Waals surface area contributed by atoms with Gasteiger partial charge in [0.1, 0.15) is 0 Å². The SMILES string of the molecule is CCc1ccc(C(c2cccs2)N2CCCNCC2)cc1. The second-order valence-corrected chi connectivity index (χ2v) is 6.63. The standard InChI is InChI=1S/C18H24N2S/c1-2-15-6-8-16(9-7-15)18(17-5-3-14-21-17)20-12-4-10-19-11-13-20/h3,5-9,14,18-19H,2,4,10-13H2,1H3. The van der Waals surface area contributed by atoms with Crippen LogP contribution in [0.3, 0.4) is 0 Å². The molecule has 2 heterocycles. The van der Waals surface area contributed by atoms with Gasteiger partial charge in [0.2, 0.25) is 0 Å². The monoisotopic (exact) mass is 300 g/mol. The number of hydrogen-bond donors (Lipinski definition) is 1. The highest BCUT2D eigenvalue weighted by Crippen LogP contribution is 2.32. The van der Waals surface area contributed by atoms with E-state index in [1.54, 1.807) is 0 Å². The van der Waals surface area contributed by atoms with Crippen molar-refractivity contribution in [2.75, 3.05) is 26.2 Å². The van der Waals surface area contributed by atoms with E-state index in [0.717, 1.165) is 26.1 Å². The molecular formula is C18H24N2S. The third-order valence-electron chi connectivity index (χ3n) is 4.26. The van der Waals surface area contributed by atoms with Crippen molar-refractivity contribution >= 4 is 11.3 Å². The van der Waals surface area contributed by atoms with Crippen molar-refractivity contribution in [2.45, 2.75) is 25.8 Å². The molecule has 0 radical (unpaired) electrons. The highest BCUT2D eigenvalue weighted by atomic mass is 32.1. The third-order valence-corrected chi connectivity index (χ3v) is 5.18. The Labute approximate surface area is 131 Å². The minimum absolute atomic E-state index is 0.413. The topological polar surface area (TPSA) is 15.3 Å². The van der Waals surface area contributed by atoms with E-state index < -0.39 is 0 Å². The van der Waals surface area contributed by atoms with Crippen LogP contribution in [0.4, 0.5) is 0 Å². The molecule has 0 aliphatic carbocycles. The molecule has 0 amide bonds. The Balaban J connectivity index is 1.91. The van der Waals surface area contributed by atoms with Gasteiger partial charge in [-0.25, -0.2) is 0 Å². The maximum Gasteiger partial charge on any atom is 0.0696 e. The van der Waals surface area contributed by atoms with Crippen LogP contribution in [0, 0.1) is 0 Å². The smallest absolute Gasteiger partial charge is 0.0696 e. The molecule has 1 unspecified atom stereocenters. The molecule has 0 bridgehead atoms. The van der Waals surface area contributed by atoms with Crippen LogP contribution in [0.25, 0.3) is 0 Å². The Morgan fingerprint density at radius 1 is 1.14 bits per heavy atom. The van der Waals surface area contributed by atoms with Crippen molar-refractivity contribution in [1.82, 2.24) is 10.2 Å². The molecule has 0 saturated carbocycles. The summed E-state index contributed by atoms with van der Waals surface area (Å²) in [5.41, 5.74) is 2.85. The molecule has 3 heteroatoms. The Bertz CT molecular complexity index is 525. The first kappa shape index (κ1) is 14.8. The van der Waals surface area contributed by atoms with Crippen LogP contribution in [-0.2, 0) is 6.42 Å². The third kappa shape index (κ3) is 3.54. The van der Waals surface area contributed by atoms with Crippen LogP contribution in [0.15, 0.2) is 41.8 Å². The molecule has 1 fully saturated rings. The van der Waals surface area contributed by atoms with Crippen molar-refractivity contribution in [3.05, 3.63) is 57.8 Å². The molecule has 112 valence electrons. The van der Waals surface area contributed by atoms with Crippen molar-refractivity contribution in [2.24, 2.45) is 0 Å². The minimum Gasteiger partial charge on any atom is -0.315 e. The predicted octanol–water partition coefficient (Wildman–Crippen LogP) is 3.70. The van der Waals surface area contributed by atoms with E-state index in [4.69, 9.17) is 0 Å². The average molecular weight is 300 g/mol. The number of benzene rings is 1. The Morgan fingerprint density at radius 3 is 2.71 bits per heavy atom. The molecule has 1 saturated heterocycles. The summed E-state index contributed by atoms with van der Waals surface area (Å²) in [6.45, 7) is 6.74. The van der Waals surface area contributed by atoms with Crippen LogP contribution in [-0.4, -0.2) is 31.1 Å². The van der Waals surface area contributed by atoms with Crippen molar-refractivity contribution < 1.29 is 0 Å². The second-order valence-electron chi connectivity index (χ2n) is 5.65. The fourth-order valence-corrected chi connectivity index (χ4v) is 3.95. The summed E-state index contributed by atoms with van der Waals surface area (Å²) >= 11 is 1.87. The molecule has 1 N–H and O–H groups in total. The lowest BCUT2D eigenvalue weighted by atomic mass is 10.0. The summed E-state index contributed by atoms with van der Waals surface area (Å²) in [6.07, 6.45) is 2.34. The molecule has 1 atom stereocenters. The average Bonchev–Trinajstić information content (AvgIpc) is 2.91. The maximum absolute atomic E-state index is 3.51. The van der Waals surface area contributed by atoms with Crippen LogP contribution in [0.5, 0.6) is 0 Å². The second kappa shape index (κ2) is 7.21. The lowest BCUT2D eigenvalue weighted by molar-refractivity contribution is 0.244. The van der Waals surface area contributed by atoms with Gasteiger partial charge in [0.25, 0.3) is 0 Å². The fourth-order valence-electron chi connectivity index (χ4n) is 3.06. The number of aryl methyl sites for hydroxylation is 1. The largest absolute Gasteiger partial charge is 0.315 e. The van der Waals surface area contributed by atoms with E-state index in [2.05, 4.69) is 58.9 Å². The Kier molecular flexibility index (Phi) is 5.07.